The van der Waals surface area contributed by atoms with E-state index in [2.05, 4.69) is 10.3 Å². The van der Waals surface area contributed by atoms with Gasteiger partial charge in [-0.3, -0.25) is 14.2 Å². The molecule has 1 N–H and O–H groups in total. The van der Waals surface area contributed by atoms with Gasteiger partial charge in [-0.15, -0.1) is 0 Å². The van der Waals surface area contributed by atoms with Crippen molar-refractivity contribution in [3.8, 4) is 0 Å². The fourth-order valence-corrected chi connectivity index (χ4v) is 2.03. The first-order valence-corrected chi connectivity index (χ1v) is 7.02. The van der Waals surface area contributed by atoms with Gasteiger partial charge in [0.25, 0.3) is 5.56 Å². The molecule has 0 aliphatic rings. The quantitative estimate of drug-likeness (QED) is 0.907. The van der Waals surface area contributed by atoms with Gasteiger partial charge in [0.1, 0.15) is 5.82 Å². The van der Waals surface area contributed by atoms with E-state index in [4.69, 9.17) is 0 Å². The highest BCUT2D eigenvalue weighted by Gasteiger charge is 2.08. The number of carbonyl (C=O) groups excluding carboxylic acids is 1. The number of rotatable bonds is 5. The van der Waals surface area contributed by atoms with Crippen LogP contribution in [0.4, 0.5) is 4.39 Å². The molecular weight excluding hydrogens is 285 g/mol. The van der Waals surface area contributed by atoms with Crippen molar-refractivity contribution in [2.24, 2.45) is 0 Å². The van der Waals surface area contributed by atoms with Crippen LogP contribution >= 0.6 is 0 Å². The SMILES string of the molecule is Cc1ncn(CCNC(=O)Cc2ccccc2F)c(=O)c1C. The Kier molecular flexibility index (Phi) is 5.04. The molecule has 2 aromatic rings. The average molecular weight is 303 g/mol. The third kappa shape index (κ3) is 3.78. The molecule has 0 spiro atoms. The average Bonchev–Trinajstić information content (AvgIpc) is 2.50. The second-order valence-corrected chi connectivity index (χ2v) is 5.07. The smallest absolute Gasteiger partial charge is 0.256 e. The van der Waals surface area contributed by atoms with Crippen LogP contribution in [0.15, 0.2) is 35.4 Å². The first-order chi connectivity index (χ1) is 10.5. The summed E-state index contributed by atoms with van der Waals surface area (Å²) in [7, 11) is 0. The zero-order valence-electron chi connectivity index (χ0n) is 12.6. The monoisotopic (exact) mass is 303 g/mol. The van der Waals surface area contributed by atoms with Gasteiger partial charge in [0, 0.05) is 24.3 Å². The van der Waals surface area contributed by atoms with Crippen molar-refractivity contribution in [1.82, 2.24) is 14.9 Å². The maximum atomic E-state index is 13.4. The molecule has 6 heteroatoms. The largest absolute Gasteiger partial charge is 0.354 e. The van der Waals surface area contributed by atoms with Gasteiger partial charge in [-0.1, -0.05) is 18.2 Å². The number of hydrogen-bond acceptors (Lipinski definition) is 3. The Labute approximate surface area is 127 Å². The van der Waals surface area contributed by atoms with E-state index in [1.807, 2.05) is 0 Å². The predicted molar refractivity (Wildman–Crippen MR) is 81.1 cm³/mol. The van der Waals surface area contributed by atoms with Crippen LogP contribution in [-0.4, -0.2) is 22.0 Å². The summed E-state index contributed by atoms with van der Waals surface area (Å²) in [4.78, 5) is 27.9. The molecule has 5 nitrogen and oxygen atoms in total. The van der Waals surface area contributed by atoms with Gasteiger partial charge in [0.05, 0.1) is 12.7 Å². The van der Waals surface area contributed by atoms with Crippen molar-refractivity contribution in [3.05, 3.63) is 63.6 Å². The van der Waals surface area contributed by atoms with Gasteiger partial charge in [0.15, 0.2) is 0 Å². The van der Waals surface area contributed by atoms with Crippen molar-refractivity contribution in [3.63, 3.8) is 0 Å². The summed E-state index contributed by atoms with van der Waals surface area (Å²) >= 11 is 0. The number of hydrogen-bond donors (Lipinski definition) is 1. The molecule has 0 fully saturated rings. The minimum absolute atomic E-state index is 0.0211. The van der Waals surface area contributed by atoms with E-state index in [0.29, 0.717) is 23.4 Å². The number of nitrogens with one attached hydrogen (secondary N) is 1. The lowest BCUT2D eigenvalue weighted by Crippen LogP contribution is -2.32. The maximum absolute atomic E-state index is 13.4. The molecule has 116 valence electrons. The maximum Gasteiger partial charge on any atom is 0.256 e. The molecule has 1 aromatic carbocycles. The number of carbonyl (C=O) groups is 1. The minimum atomic E-state index is -0.396. The predicted octanol–water partition coefficient (Wildman–Crippen LogP) is 1.36. The number of amides is 1. The lowest BCUT2D eigenvalue weighted by molar-refractivity contribution is -0.120. The van der Waals surface area contributed by atoms with Crippen LogP contribution in [0.25, 0.3) is 0 Å². The summed E-state index contributed by atoms with van der Waals surface area (Å²) in [6.07, 6.45) is 1.44. The highest BCUT2D eigenvalue weighted by Crippen LogP contribution is 2.06. The summed E-state index contributed by atoms with van der Waals surface area (Å²) in [5, 5.41) is 2.68. The molecule has 2 rings (SSSR count). The molecule has 0 radical (unpaired) electrons. The van der Waals surface area contributed by atoms with Gasteiger partial charge in [-0.25, -0.2) is 9.37 Å². The summed E-state index contributed by atoms with van der Waals surface area (Å²) in [5.74, 6) is -0.679. The molecule has 0 atom stereocenters. The molecule has 0 saturated carbocycles. The van der Waals surface area contributed by atoms with Crippen LogP contribution in [0, 0.1) is 19.7 Å². The van der Waals surface area contributed by atoms with Crippen LogP contribution < -0.4 is 10.9 Å². The van der Waals surface area contributed by atoms with E-state index in [1.165, 1.54) is 17.0 Å². The molecule has 1 aromatic heterocycles. The fraction of sp³-hybridized carbons (Fsp3) is 0.312. The number of nitrogens with zero attached hydrogens (tertiary/aromatic N) is 2. The van der Waals surface area contributed by atoms with Crippen molar-refractivity contribution >= 4 is 5.91 Å². The van der Waals surface area contributed by atoms with E-state index >= 15 is 0 Å². The number of aryl methyl sites for hydroxylation is 1. The summed E-state index contributed by atoms with van der Waals surface area (Å²) in [6, 6.07) is 6.16. The van der Waals surface area contributed by atoms with Crippen LogP contribution in [0.1, 0.15) is 16.8 Å². The van der Waals surface area contributed by atoms with Gasteiger partial charge in [-0.05, 0) is 25.5 Å². The third-order valence-corrected chi connectivity index (χ3v) is 3.50. The van der Waals surface area contributed by atoms with E-state index in [9.17, 15) is 14.0 Å². The molecule has 0 saturated heterocycles. The van der Waals surface area contributed by atoms with Crippen LogP contribution in [0.3, 0.4) is 0 Å². The van der Waals surface area contributed by atoms with Crippen molar-refractivity contribution in [2.75, 3.05) is 6.54 Å². The van der Waals surface area contributed by atoms with Gasteiger partial charge < -0.3 is 5.32 Å². The lowest BCUT2D eigenvalue weighted by Gasteiger charge is -2.09. The molecule has 1 amide bonds. The molecule has 0 unspecified atom stereocenters. The van der Waals surface area contributed by atoms with Gasteiger partial charge in [-0.2, -0.15) is 0 Å². The van der Waals surface area contributed by atoms with Crippen molar-refractivity contribution < 1.29 is 9.18 Å². The van der Waals surface area contributed by atoms with Gasteiger partial charge in [0.2, 0.25) is 5.91 Å². The fourth-order valence-electron chi connectivity index (χ4n) is 2.03. The Balaban J connectivity index is 1.89. The Bertz CT molecular complexity index is 740. The molecular formula is C16H18FN3O2. The first-order valence-electron chi connectivity index (χ1n) is 7.02. The summed E-state index contributed by atoms with van der Waals surface area (Å²) < 4.78 is 14.9. The van der Waals surface area contributed by atoms with Crippen LogP contribution in [0.2, 0.25) is 0 Å². The Hall–Kier alpha value is -2.50. The summed E-state index contributed by atoms with van der Waals surface area (Å²) in [5.41, 5.74) is 1.53. The zero-order chi connectivity index (χ0) is 16.1. The number of benzene rings is 1. The summed E-state index contributed by atoms with van der Waals surface area (Å²) in [6.45, 7) is 4.11. The molecule has 0 aliphatic carbocycles. The standard InChI is InChI=1S/C16H18FN3O2/c1-11-12(2)19-10-20(16(11)22)8-7-18-15(21)9-13-5-3-4-6-14(13)17/h3-6,10H,7-9H2,1-2H3,(H,18,21). The molecule has 0 bridgehead atoms. The normalized spacial score (nSPS) is 10.5. The van der Waals surface area contributed by atoms with E-state index in [-0.39, 0.29) is 24.4 Å². The molecule has 1 heterocycles. The second kappa shape index (κ2) is 6.98. The van der Waals surface area contributed by atoms with Crippen LogP contribution in [-0.2, 0) is 17.8 Å². The van der Waals surface area contributed by atoms with E-state index in [1.54, 1.807) is 32.0 Å². The highest BCUT2D eigenvalue weighted by molar-refractivity contribution is 5.78. The van der Waals surface area contributed by atoms with E-state index in [0.717, 1.165) is 0 Å². The Morgan fingerprint density at radius 3 is 2.77 bits per heavy atom. The number of halogens is 1. The van der Waals surface area contributed by atoms with Crippen molar-refractivity contribution in [2.45, 2.75) is 26.8 Å². The van der Waals surface area contributed by atoms with Crippen LogP contribution in [0.5, 0.6) is 0 Å². The third-order valence-electron chi connectivity index (χ3n) is 3.50. The topological polar surface area (TPSA) is 64.0 Å². The van der Waals surface area contributed by atoms with E-state index < -0.39 is 5.82 Å². The number of aromatic nitrogens is 2. The van der Waals surface area contributed by atoms with Gasteiger partial charge >= 0.3 is 0 Å². The Morgan fingerprint density at radius 2 is 2.05 bits per heavy atom. The zero-order valence-corrected chi connectivity index (χ0v) is 12.6. The minimum Gasteiger partial charge on any atom is -0.354 e. The second-order valence-electron chi connectivity index (χ2n) is 5.07. The lowest BCUT2D eigenvalue weighted by atomic mass is 10.1. The highest BCUT2D eigenvalue weighted by atomic mass is 19.1. The Morgan fingerprint density at radius 1 is 1.32 bits per heavy atom. The first kappa shape index (κ1) is 15.9. The molecule has 0 aliphatic heterocycles. The molecule has 22 heavy (non-hydrogen) atoms. The van der Waals surface area contributed by atoms with Crippen molar-refractivity contribution in [1.29, 1.82) is 0 Å².